The molecule has 114 valence electrons. The van der Waals surface area contributed by atoms with Gasteiger partial charge in [0, 0.05) is 12.0 Å². The van der Waals surface area contributed by atoms with Crippen molar-refractivity contribution >= 4 is 5.97 Å². The van der Waals surface area contributed by atoms with Crippen LogP contribution in [0, 0.1) is 0 Å². The van der Waals surface area contributed by atoms with Crippen LogP contribution in [0.1, 0.15) is 63.9 Å². The van der Waals surface area contributed by atoms with Crippen LogP contribution in [0.25, 0.3) is 0 Å². The summed E-state index contributed by atoms with van der Waals surface area (Å²) < 4.78 is 5.36. The van der Waals surface area contributed by atoms with Crippen LogP contribution in [0.4, 0.5) is 0 Å². The molecule has 0 fully saturated rings. The standard InChI is InChI=1S/C19H26O2/c1-2-3-4-5-6-7-8-9-13-17-15-16-12-10-11-14-18(16)21-19(17)20/h10-14H,2-9,15H2,1H3/b17-13-. The first-order chi connectivity index (χ1) is 10.3. The van der Waals surface area contributed by atoms with Crippen molar-refractivity contribution in [1.29, 1.82) is 0 Å². The topological polar surface area (TPSA) is 26.3 Å². The molecular formula is C19H26O2. The van der Waals surface area contributed by atoms with Gasteiger partial charge in [-0.15, -0.1) is 0 Å². The third-order valence-corrected chi connectivity index (χ3v) is 4.02. The lowest BCUT2D eigenvalue weighted by Crippen LogP contribution is -2.19. The first-order valence-electron chi connectivity index (χ1n) is 8.30. The number of hydrogen-bond donors (Lipinski definition) is 0. The first kappa shape index (κ1) is 15.8. The summed E-state index contributed by atoms with van der Waals surface area (Å²) in [5.74, 6) is 0.548. The molecule has 1 aliphatic heterocycles. The van der Waals surface area contributed by atoms with Gasteiger partial charge in [0.2, 0.25) is 0 Å². The van der Waals surface area contributed by atoms with Gasteiger partial charge in [-0.25, -0.2) is 4.79 Å². The number of ether oxygens (including phenoxy) is 1. The summed E-state index contributed by atoms with van der Waals surface area (Å²) in [5.41, 5.74) is 1.93. The second-order valence-electron chi connectivity index (χ2n) is 5.81. The molecule has 0 bridgehead atoms. The van der Waals surface area contributed by atoms with E-state index in [-0.39, 0.29) is 5.97 Å². The van der Waals surface area contributed by atoms with Crippen molar-refractivity contribution in [2.45, 2.75) is 64.7 Å². The van der Waals surface area contributed by atoms with Gasteiger partial charge in [0.1, 0.15) is 5.75 Å². The Bertz CT molecular complexity index is 488. The molecule has 0 aromatic heterocycles. The minimum absolute atomic E-state index is 0.170. The maximum absolute atomic E-state index is 11.9. The molecule has 1 aromatic carbocycles. The third kappa shape index (κ3) is 5.04. The van der Waals surface area contributed by atoms with Gasteiger partial charge in [-0.2, -0.15) is 0 Å². The van der Waals surface area contributed by atoms with Gasteiger partial charge in [0.15, 0.2) is 0 Å². The average molecular weight is 286 g/mol. The van der Waals surface area contributed by atoms with Crippen LogP contribution >= 0.6 is 0 Å². The summed E-state index contributed by atoms with van der Waals surface area (Å²) in [6, 6.07) is 7.79. The second-order valence-corrected chi connectivity index (χ2v) is 5.81. The quantitative estimate of drug-likeness (QED) is 0.283. The summed E-state index contributed by atoms with van der Waals surface area (Å²) in [7, 11) is 0. The van der Waals surface area contributed by atoms with E-state index in [1.54, 1.807) is 0 Å². The molecule has 0 spiro atoms. The first-order valence-corrected chi connectivity index (χ1v) is 8.30. The number of carbonyl (C=O) groups excluding carboxylic acids is 1. The summed E-state index contributed by atoms with van der Waals surface area (Å²) in [4.78, 5) is 11.9. The number of benzene rings is 1. The van der Waals surface area contributed by atoms with Crippen molar-refractivity contribution in [3.63, 3.8) is 0 Å². The predicted molar refractivity (Wildman–Crippen MR) is 86.5 cm³/mol. The van der Waals surface area contributed by atoms with Gasteiger partial charge in [-0.3, -0.25) is 0 Å². The van der Waals surface area contributed by atoms with Gasteiger partial charge in [-0.05, 0) is 24.5 Å². The largest absolute Gasteiger partial charge is 0.423 e. The number of allylic oxidation sites excluding steroid dienone is 1. The third-order valence-electron chi connectivity index (χ3n) is 4.02. The summed E-state index contributed by atoms with van der Waals surface area (Å²) >= 11 is 0. The lowest BCUT2D eigenvalue weighted by atomic mass is 10.00. The Morgan fingerprint density at radius 2 is 1.76 bits per heavy atom. The predicted octanol–water partition coefficient (Wildman–Crippen LogP) is 5.22. The molecule has 0 amide bonds. The lowest BCUT2D eigenvalue weighted by Gasteiger charge is -2.17. The number of para-hydroxylation sites is 1. The minimum Gasteiger partial charge on any atom is -0.423 e. The van der Waals surface area contributed by atoms with Gasteiger partial charge < -0.3 is 4.74 Å². The maximum atomic E-state index is 11.9. The van der Waals surface area contributed by atoms with E-state index in [9.17, 15) is 4.79 Å². The van der Waals surface area contributed by atoms with E-state index < -0.39 is 0 Å². The smallest absolute Gasteiger partial charge is 0.339 e. The molecule has 0 saturated carbocycles. The molecule has 0 aliphatic carbocycles. The van der Waals surface area contributed by atoms with Crippen molar-refractivity contribution in [2.75, 3.05) is 0 Å². The van der Waals surface area contributed by atoms with E-state index in [0.717, 1.165) is 23.3 Å². The van der Waals surface area contributed by atoms with Crippen LogP contribution < -0.4 is 4.74 Å². The zero-order valence-corrected chi connectivity index (χ0v) is 13.1. The molecule has 1 heterocycles. The van der Waals surface area contributed by atoms with E-state index in [4.69, 9.17) is 4.74 Å². The molecule has 1 aliphatic rings. The van der Waals surface area contributed by atoms with Crippen LogP contribution in [0.2, 0.25) is 0 Å². The van der Waals surface area contributed by atoms with Crippen molar-refractivity contribution in [2.24, 2.45) is 0 Å². The number of fused-ring (bicyclic) bond motifs is 1. The molecule has 0 radical (unpaired) electrons. The highest BCUT2D eigenvalue weighted by Crippen LogP contribution is 2.27. The Morgan fingerprint density at radius 1 is 1.05 bits per heavy atom. The average Bonchev–Trinajstić information content (AvgIpc) is 2.50. The fourth-order valence-corrected chi connectivity index (χ4v) is 2.73. The summed E-state index contributed by atoms with van der Waals surface area (Å²) in [5, 5.41) is 0. The van der Waals surface area contributed by atoms with E-state index in [2.05, 4.69) is 13.0 Å². The van der Waals surface area contributed by atoms with E-state index in [1.807, 2.05) is 24.3 Å². The Morgan fingerprint density at radius 3 is 2.57 bits per heavy atom. The molecule has 0 N–H and O–H groups in total. The fourth-order valence-electron chi connectivity index (χ4n) is 2.73. The van der Waals surface area contributed by atoms with Gasteiger partial charge in [-0.1, -0.05) is 69.7 Å². The van der Waals surface area contributed by atoms with E-state index >= 15 is 0 Å². The molecule has 0 saturated heterocycles. The van der Waals surface area contributed by atoms with Crippen LogP contribution in [0.5, 0.6) is 5.75 Å². The van der Waals surface area contributed by atoms with Crippen LogP contribution in [0.3, 0.4) is 0 Å². The van der Waals surface area contributed by atoms with Crippen molar-refractivity contribution in [3.8, 4) is 5.75 Å². The van der Waals surface area contributed by atoms with Gasteiger partial charge in [0.25, 0.3) is 0 Å². The van der Waals surface area contributed by atoms with Crippen molar-refractivity contribution in [3.05, 3.63) is 41.5 Å². The molecule has 2 heteroatoms. The molecule has 2 rings (SSSR count). The molecule has 21 heavy (non-hydrogen) atoms. The number of unbranched alkanes of at least 4 members (excludes halogenated alkanes) is 7. The van der Waals surface area contributed by atoms with E-state index in [0.29, 0.717) is 6.42 Å². The Balaban J connectivity index is 1.71. The molecular weight excluding hydrogens is 260 g/mol. The van der Waals surface area contributed by atoms with Crippen LogP contribution in [-0.2, 0) is 11.2 Å². The second kappa shape index (κ2) is 8.66. The van der Waals surface area contributed by atoms with Gasteiger partial charge >= 0.3 is 5.97 Å². The normalized spacial score (nSPS) is 15.9. The van der Waals surface area contributed by atoms with Crippen molar-refractivity contribution < 1.29 is 9.53 Å². The van der Waals surface area contributed by atoms with Crippen molar-refractivity contribution in [1.82, 2.24) is 0 Å². The zero-order chi connectivity index (χ0) is 14.9. The van der Waals surface area contributed by atoms with Crippen LogP contribution in [-0.4, -0.2) is 5.97 Å². The Kier molecular flexibility index (Phi) is 6.52. The van der Waals surface area contributed by atoms with Crippen LogP contribution in [0.15, 0.2) is 35.9 Å². The Hall–Kier alpha value is -1.57. The summed E-state index contributed by atoms with van der Waals surface area (Å²) in [6.07, 6.45) is 12.9. The lowest BCUT2D eigenvalue weighted by molar-refractivity contribution is -0.130. The number of hydrogen-bond acceptors (Lipinski definition) is 2. The summed E-state index contributed by atoms with van der Waals surface area (Å²) in [6.45, 7) is 2.24. The number of esters is 1. The highest BCUT2D eigenvalue weighted by molar-refractivity contribution is 5.92. The molecule has 0 unspecified atom stereocenters. The number of carbonyl (C=O) groups is 1. The highest BCUT2D eigenvalue weighted by Gasteiger charge is 2.21. The monoisotopic (exact) mass is 286 g/mol. The molecule has 2 nitrogen and oxygen atoms in total. The Labute approximate surface area is 128 Å². The maximum Gasteiger partial charge on any atom is 0.339 e. The molecule has 1 aromatic rings. The fraction of sp³-hybridized carbons (Fsp3) is 0.526. The molecule has 0 atom stereocenters. The highest BCUT2D eigenvalue weighted by atomic mass is 16.5. The zero-order valence-electron chi connectivity index (χ0n) is 13.1. The van der Waals surface area contributed by atoms with E-state index in [1.165, 1.54) is 44.9 Å². The van der Waals surface area contributed by atoms with Gasteiger partial charge in [0.05, 0.1) is 0 Å². The number of rotatable bonds is 8. The minimum atomic E-state index is -0.170. The SMILES string of the molecule is CCCCCCCCC/C=C1/Cc2ccccc2OC1=O.